The van der Waals surface area contributed by atoms with Crippen LogP contribution in [-0.2, 0) is 47.7 Å². The highest BCUT2D eigenvalue weighted by Gasteiger charge is 2.52. The molecule has 1 N–H and O–H groups in total. The van der Waals surface area contributed by atoms with Crippen LogP contribution in [-0.4, -0.2) is 67.0 Å². The van der Waals surface area contributed by atoms with Crippen molar-refractivity contribution in [1.82, 2.24) is 5.32 Å². The van der Waals surface area contributed by atoms with Gasteiger partial charge in [0.15, 0.2) is 12.2 Å². The van der Waals surface area contributed by atoms with E-state index >= 15 is 0 Å². The topological polar surface area (TPSA) is 144 Å². The molecule has 1 amide bonds. The molecular formula is C20H27NO10. The minimum Gasteiger partial charge on any atom is -0.463 e. The van der Waals surface area contributed by atoms with Crippen LogP contribution in [0.2, 0.25) is 0 Å². The van der Waals surface area contributed by atoms with Gasteiger partial charge in [0.05, 0.1) is 0 Å². The Hall–Kier alpha value is -2.95. The first-order valence-corrected chi connectivity index (χ1v) is 9.94. The summed E-state index contributed by atoms with van der Waals surface area (Å²) >= 11 is 0. The van der Waals surface area contributed by atoms with Crippen molar-refractivity contribution >= 4 is 29.8 Å². The van der Waals surface area contributed by atoms with E-state index in [1.54, 1.807) is 12.2 Å². The fourth-order valence-electron chi connectivity index (χ4n) is 3.25. The number of esters is 4. The van der Waals surface area contributed by atoms with E-state index in [0.29, 0.717) is 12.8 Å². The molecule has 2 rings (SSSR count). The lowest BCUT2D eigenvalue weighted by Crippen LogP contribution is -2.67. The summed E-state index contributed by atoms with van der Waals surface area (Å²) in [4.78, 5) is 59.5. The first kappa shape index (κ1) is 24.3. The third-order valence-corrected chi connectivity index (χ3v) is 4.50. The molecule has 0 aliphatic carbocycles. The smallest absolute Gasteiger partial charge is 0.308 e. The van der Waals surface area contributed by atoms with Gasteiger partial charge in [0.25, 0.3) is 0 Å². The zero-order valence-corrected chi connectivity index (χ0v) is 17.7. The van der Waals surface area contributed by atoms with E-state index in [2.05, 4.69) is 5.32 Å². The van der Waals surface area contributed by atoms with Gasteiger partial charge in [-0.15, -0.1) is 0 Å². The molecule has 2 aliphatic rings. The molecule has 11 heteroatoms. The van der Waals surface area contributed by atoms with Gasteiger partial charge in [0.1, 0.15) is 18.8 Å². The summed E-state index contributed by atoms with van der Waals surface area (Å²) in [5, 5.41) is 2.65. The van der Waals surface area contributed by atoms with Crippen molar-refractivity contribution in [3.8, 4) is 0 Å². The van der Waals surface area contributed by atoms with Gasteiger partial charge in [-0.05, 0) is 12.8 Å². The normalized spacial score (nSPS) is 30.2. The lowest BCUT2D eigenvalue weighted by molar-refractivity contribution is -0.271. The van der Waals surface area contributed by atoms with Gasteiger partial charge >= 0.3 is 23.9 Å². The monoisotopic (exact) mass is 441 g/mol. The van der Waals surface area contributed by atoms with Gasteiger partial charge in [0.2, 0.25) is 12.2 Å². The molecule has 2 heterocycles. The number of hydrogen-bond donors (Lipinski definition) is 1. The van der Waals surface area contributed by atoms with E-state index in [0.717, 1.165) is 13.8 Å². The lowest BCUT2D eigenvalue weighted by atomic mass is 9.95. The largest absolute Gasteiger partial charge is 0.463 e. The molecule has 1 saturated heterocycles. The molecule has 0 aromatic rings. The van der Waals surface area contributed by atoms with E-state index in [4.69, 9.17) is 23.7 Å². The molecule has 0 aromatic carbocycles. The Morgan fingerprint density at radius 3 is 2.19 bits per heavy atom. The number of amides is 1. The fraction of sp³-hybridized carbons (Fsp3) is 0.650. The predicted molar refractivity (Wildman–Crippen MR) is 102 cm³/mol. The minimum atomic E-state index is -1.36. The summed E-state index contributed by atoms with van der Waals surface area (Å²) in [5.74, 6) is -3.06. The summed E-state index contributed by atoms with van der Waals surface area (Å²) in [6.07, 6.45) is -0.344. The SMILES string of the molecule is CC(=O)OC[C@H]1O[C@@H]2OC(=O)CC/C=C/CCC(=O)N[C@@H]2[C@@H](OC(C)=O)[C@@H]1OC(C)=O. The number of fused-ring (bicyclic) bond motifs is 1. The highest BCUT2D eigenvalue weighted by molar-refractivity contribution is 5.77. The molecule has 0 bridgehead atoms. The van der Waals surface area contributed by atoms with Crippen molar-refractivity contribution < 1.29 is 47.7 Å². The standard InChI is InChI=1S/C20H27NO10/c1-11(22)27-10-14-18(28-12(2)23)19(29-13(3)24)17-20(30-14)31-16(26)9-7-5-4-6-8-15(25)21-17/h4-5,14,17-20H,6-10H2,1-3H3,(H,21,25)/b5-4+/t14-,17-,18-,19-,20-/m1/s1. The van der Waals surface area contributed by atoms with Gasteiger partial charge in [-0.1, -0.05) is 12.2 Å². The minimum absolute atomic E-state index is 0.0667. The van der Waals surface area contributed by atoms with Crippen molar-refractivity contribution in [2.24, 2.45) is 0 Å². The Balaban J connectivity index is 2.41. The van der Waals surface area contributed by atoms with Crippen LogP contribution in [0.1, 0.15) is 46.5 Å². The zero-order valence-electron chi connectivity index (χ0n) is 17.7. The summed E-state index contributed by atoms with van der Waals surface area (Å²) in [6, 6.07) is -1.15. The molecule has 0 aromatic heterocycles. The highest BCUT2D eigenvalue weighted by atomic mass is 16.7. The maximum absolute atomic E-state index is 12.4. The number of ether oxygens (including phenoxy) is 5. The van der Waals surface area contributed by atoms with Crippen LogP contribution in [0.4, 0.5) is 0 Å². The molecule has 0 unspecified atom stereocenters. The maximum atomic E-state index is 12.4. The Bertz CT molecular complexity index is 733. The van der Waals surface area contributed by atoms with Crippen LogP contribution in [0.5, 0.6) is 0 Å². The van der Waals surface area contributed by atoms with Gasteiger partial charge in [-0.25, -0.2) is 0 Å². The number of rotatable bonds is 4. The third-order valence-electron chi connectivity index (χ3n) is 4.50. The van der Waals surface area contributed by atoms with Gasteiger partial charge < -0.3 is 29.0 Å². The molecule has 2 aliphatic heterocycles. The summed E-state index contributed by atoms with van der Waals surface area (Å²) in [7, 11) is 0. The molecule has 1 fully saturated rings. The van der Waals surface area contributed by atoms with Crippen LogP contribution in [0.15, 0.2) is 12.2 Å². The second-order valence-corrected chi connectivity index (χ2v) is 7.13. The summed E-state index contributed by atoms with van der Waals surface area (Å²) < 4.78 is 26.8. The van der Waals surface area contributed by atoms with E-state index in [1.807, 2.05) is 0 Å². The number of allylic oxidation sites excluding steroid dienone is 2. The van der Waals surface area contributed by atoms with E-state index in [9.17, 15) is 24.0 Å². The maximum Gasteiger partial charge on any atom is 0.308 e. The van der Waals surface area contributed by atoms with Crippen LogP contribution >= 0.6 is 0 Å². The quantitative estimate of drug-likeness (QED) is 0.367. The zero-order chi connectivity index (χ0) is 23.0. The molecule has 0 spiro atoms. The van der Waals surface area contributed by atoms with Crippen molar-refractivity contribution in [2.45, 2.75) is 77.1 Å². The van der Waals surface area contributed by atoms with Crippen LogP contribution in [0.25, 0.3) is 0 Å². The van der Waals surface area contributed by atoms with Gasteiger partial charge in [-0.3, -0.25) is 24.0 Å². The van der Waals surface area contributed by atoms with Gasteiger partial charge in [-0.2, -0.15) is 0 Å². The van der Waals surface area contributed by atoms with Crippen molar-refractivity contribution in [1.29, 1.82) is 0 Å². The lowest BCUT2D eigenvalue weighted by Gasteiger charge is -2.44. The predicted octanol–water partition coefficient (Wildman–Crippen LogP) is 0.296. The van der Waals surface area contributed by atoms with E-state index in [1.165, 1.54) is 6.92 Å². The van der Waals surface area contributed by atoms with E-state index < -0.39 is 60.4 Å². The number of nitrogens with one attached hydrogen (secondary N) is 1. The average molecular weight is 441 g/mol. The van der Waals surface area contributed by atoms with Crippen molar-refractivity contribution in [2.75, 3.05) is 6.61 Å². The van der Waals surface area contributed by atoms with Crippen molar-refractivity contribution in [3.63, 3.8) is 0 Å². The average Bonchev–Trinajstić information content (AvgIpc) is 2.66. The Morgan fingerprint density at radius 2 is 1.58 bits per heavy atom. The highest BCUT2D eigenvalue weighted by Crippen LogP contribution is 2.28. The molecule has 11 nitrogen and oxygen atoms in total. The molecular weight excluding hydrogens is 414 g/mol. The summed E-state index contributed by atoms with van der Waals surface area (Å²) in [5.41, 5.74) is 0. The van der Waals surface area contributed by atoms with Crippen molar-refractivity contribution in [3.05, 3.63) is 12.2 Å². The van der Waals surface area contributed by atoms with E-state index in [-0.39, 0.29) is 19.4 Å². The van der Waals surface area contributed by atoms with Crippen LogP contribution in [0, 0.1) is 0 Å². The second-order valence-electron chi connectivity index (χ2n) is 7.13. The molecule has 172 valence electrons. The molecule has 0 saturated carbocycles. The Morgan fingerprint density at radius 1 is 0.968 bits per heavy atom. The van der Waals surface area contributed by atoms with Crippen LogP contribution < -0.4 is 5.32 Å². The van der Waals surface area contributed by atoms with Crippen LogP contribution in [0.3, 0.4) is 0 Å². The first-order chi connectivity index (χ1) is 14.7. The fourth-order valence-corrected chi connectivity index (χ4v) is 3.25. The van der Waals surface area contributed by atoms with Gasteiger partial charge in [0, 0.05) is 33.6 Å². The summed E-state index contributed by atoms with van der Waals surface area (Å²) in [6.45, 7) is 3.11. The molecule has 5 atom stereocenters. The first-order valence-electron chi connectivity index (χ1n) is 9.94. The third kappa shape index (κ3) is 7.67. The molecule has 0 radical (unpaired) electrons. The number of carbonyl (C=O) groups is 5. The second kappa shape index (κ2) is 11.4. The molecule has 31 heavy (non-hydrogen) atoms. The number of carbonyl (C=O) groups excluding carboxylic acids is 5. The number of hydrogen-bond acceptors (Lipinski definition) is 10. The Kier molecular flexibility index (Phi) is 8.98. The Labute approximate surface area is 179 Å².